The van der Waals surface area contributed by atoms with Gasteiger partial charge in [0.05, 0.1) is 5.92 Å². The van der Waals surface area contributed by atoms with Crippen LogP contribution in [0.2, 0.25) is 0 Å². The van der Waals surface area contributed by atoms with Crippen LogP contribution in [0.5, 0.6) is 0 Å². The summed E-state index contributed by atoms with van der Waals surface area (Å²) >= 11 is 0. The molecule has 4 nitrogen and oxygen atoms in total. The molecule has 23 heavy (non-hydrogen) atoms. The van der Waals surface area contributed by atoms with Gasteiger partial charge in [0.15, 0.2) is 0 Å². The van der Waals surface area contributed by atoms with Gasteiger partial charge >= 0.3 is 11.9 Å². The normalized spacial score (nSPS) is 11.4. The Morgan fingerprint density at radius 1 is 0.696 bits per heavy atom. The molecule has 4 heteroatoms. The first-order chi connectivity index (χ1) is 11.0. The molecule has 0 fully saturated rings. The number of aliphatic carboxylic acids is 2. The lowest BCUT2D eigenvalue weighted by Crippen LogP contribution is -2.13. The number of carboxylic acids is 2. The lowest BCUT2D eigenvalue weighted by molar-refractivity contribution is -0.142. The minimum atomic E-state index is -0.670. The molecule has 0 bridgehead atoms. The van der Waals surface area contributed by atoms with Crippen molar-refractivity contribution in [2.24, 2.45) is 5.92 Å². The van der Waals surface area contributed by atoms with Gasteiger partial charge in [0.2, 0.25) is 0 Å². The maximum Gasteiger partial charge on any atom is 0.306 e. The smallest absolute Gasteiger partial charge is 0.306 e. The van der Waals surface area contributed by atoms with Gasteiger partial charge < -0.3 is 10.2 Å². The summed E-state index contributed by atoms with van der Waals surface area (Å²) in [5.41, 5.74) is 0. The molecular weight excluding hydrogens is 292 g/mol. The molecule has 138 valence electrons. The summed E-state index contributed by atoms with van der Waals surface area (Å²) in [5.74, 6) is -1.38. The maximum atomic E-state index is 10.8. The summed E-state index contributed by atoms with van der Waals surface area (Å²) in [7, 11) is 0. The highest BCUT2D eigenvalue weighted by Crippen LogP contribution is 2.16. The van der Waals surface area contributed by atoms with Crippen LogP contribution in [0.25, 0.3) is 0 Å². The minimum absolute atomic E-state index is 0.0955. The van der Waals surface area contributed by atoms with Crippen molar-refractivity contribution in [1.29, 1.82) is 0 Å². The summed E-state index contributed by atoms with van der Waals surface area (Å²) in [5, 5.41) is 17.1. The molecule has 0 aliphatic heterocycles. The van der Waals surface area contributed by atoms with Gasteiger partial charge in [-0.1, -0.05) is 78.6 Å². The molecule has 0 aromatic heterocycles. The lowest BCUT2D eigenvalue weighted by Gasteiger charge is -2.09. The Bertz CT molecular complexity index is 277. The van der Waals surface area contributed by atoms with Crippen LogP contribution in [0, 0.1) is 5.92 Å². The number of hydrogen-bond donors (Lipinski definition) is 2. The van der Waals surface area contributed by atoms with E-state index in [9.17, 15) is 9.59 Å². The molecule has 0 saturated heterocycles. The van der Waals surface area contributed by atoms with Gasteiger partial charge in [0, 0.05) is 6.42 Å². The first-order valence-corrected chi connectivity index (χ1v) is 9.44. The highest BCUT2D eigenvalue weighted by atomic mass is 16.4. The first-order valence-electron chi connectivity index (χ1n) is 9.44. The third-order valence-corrected chi connectivity index (χ3v) is 3.89. The summed E-state index contributed by atoms with van der Waals surface area (Å²) in [6, 6.07) is 0. The molecule has 0 spiro atoms. The zero-order valence-electron chi connectivity index (χ0n) is 15.5. The van der Waals surface area contributed by atoms with Crippen molar-refractivity contribution < 1.29 is 19.8 Å². The van der Waals surface area contributed by atoms with Gasteiger partial charge in [-0.15, -0.1) is 0 Å². The Labute approximate surface area is 142 Å². The number of rotatable bonds is 14. The van der Waals surface area contributed by atoms with E-state index in [0.717, 1.165) is 38.5 Å². The van der Waals surface area contributed by atoms with Crippen LogP contribution in [0.4, 0.5) is 0 Å². The molecule has 0 aliphatic carbocycles. The average Bonchev–Trinajstić information content (AvgIpc) is 2.50. The van der Waals surface area contributed by atoms with Crippen molar-refractivity contribution in [2.45, 2.75) is 104 Å². The summed E-state index contributed by atoms with van der Waals surface area (Å²) in [4.78, 5) is 20.8. The fourth-order valence-electron chi connectivity index (χ4n) is 2.44. The van der Waals surface area contributed by atoms with Crippen molar-refractivity contribution in [3.05, 3.63) is 0 Å². The van der Waals surface area contributed by atoms with Crippen molar-refractivity contribution in [1.82, 2.24) is 0 Å². The predicted molar refractivity (Wildman–Crippen MR) is 95.8 cm³/mol. The predicted octanol–water partition coefficient (Wildman–Crippen LogP) is 5.89. The fraction of sp³-hybridized carbons (Fsp3) is 0.895. The van der Waals surface area contributed by atoms with Crippen molar-refractivity contribution in [3.8, 4) is 0 Å². The fourth-order valence-corrected chi connectivity index (χ4v) is 2.44. The highest BCUT2D eigenvalue weighted by molar-refractivity contribution is 5.69. The maximum absolute atomic E-state index is 10.8. The van der Waals surface area contributed by atoms with Gasteiger partial charge in [-0.3, -0.25) is 9.59 Å². The van der Waals surface area contributed by atoms with Crippen LogP contribution >= 0.6 is 0 Å². The quantitative estimate of drug-likeness (QED) is 0.389. The van der Waals surface area contributed by atoms with Crippen LogP contribution in [0.3, 0.4) is 0 Å². The molecule has 0 amide bonds. The largest absolute Gasteiger partial charge is 0.481 e. The Balaban J connectivity index is 0. The standard InChI is InChI=1S/C11H22O2.C8H16O2/c1-3-5-6-7-9-10(8-4-2)11(12)13;1-2-3-4-5-6-7-8(9)10/h10H,3-9H2,1-2H3,(H,12,13);2-7H2,1H3,(H,9,10). The van der Waals surface area contributed by atoms with Gasteiger partial charge in [0.25, 0.3) is 0 Å². The molecule has 0 rings (SSSR count). The molecule has 0 aliphatic rings. The molecule has 0 aromatic rings. The molecule has 0 saturated carbocycles. The van der Waals surface area contributed by atoms with Crippen LogP contribution in [-0.4, -0.2) is 22.2 Å². The van der Waals surface area contributed by atoms with Gasteiger partial charge in [0.1, 0.15) is 0 Å². The third-order valence-electron chi connectivity index (χ3n) is 3.89. The Morgan fingerprint density at radius 2 is 1.22 bits per heavy atom. The van der Waals surface area contributed by atoms with E-state index >= 15 is 0 Å². The molecule has 0 heterocycles. The third kappa shape index (κ3) is 20.9. The Morgan fingerprint density at radius 3 is 1.65 bits per heavy atom. The number of carboxylic acid groups (broad SMARTS) is 2. The van der Waals surface area contributed by atoms with Crippen LogP contribution in [-0.2, 0) is 9.59 Å². The van der Waals surface area contributed by atoms with Crippen molar-refractivity contribution in [2.75, 3.05) is 0 Å². The summed E-state index contributed by atoms with van der Waals surface area (Å²) in [6.45, 7) is 6.36. The lowest BCUT2D eigenvalue weighted by atomic mass is 9.96. The van der Waals surface area contributed by atoms with Crippen molar-refractivity contribution >= 4 is 11.9 Å². The minimum Gasteiger partial charge on any atom is -0.481 e. The van der Waals surface area contributed by atoms with E-state index in [1.165, 1.54) is 38.5 Å². The van der Waals surface area contributed by atoms with Gasteiger partial charge in [-0.05, 0) is 19.3 Å². The van der Waals surface area contributed by atoms with Crippen LogP contribution < -0.4 is 0 Å². The average molecular weight is 331 g/mol. The number of hydrogen-bond acceptors (Lipinski definition) is 2. The number of carbonyl (C=O) groups is 2. The van der Waals surface area contributed by atoms with E-state index in [0.29, 0.717) is 6.42 Å². The van der Waals surface area contributed by atoms with E-state index in [4.69, 9.17) is 10.2 Å². The monoisotopic (exact) mass is 330 g/mol. The zero-order chi connectivity index (χ0) is 17.9. The topological polar surface area (TPSA) is 74.6 Å². The SMILES string of the molecule is CCCCCCC(CCC)C(=O)O.CCCCCCCC(=O)O. The summed E-state index contributed by atoms with van der Waals surface area (Å²) in [6.07, 6.45) is 13.3. The zero-order valence-corrected chi connectivity index (χ0v) is 15.5. The molecule has 1 atom stereocenters. The molecule has 1 unspecified atom stereocenters. The second-order valence-electron chi connectivity index (χ2n) is 6.23. The number of unbranched alkanes of at least 4 members (excludes halogenated alkanes) is 7. The van der Waals surface area contributed by atoms with E-state index < -0.39 is 11.9 Å². The van der Waals surface area contributed by atoms with Gasteiger partial charge in [-0.2, -0.15) is 0 Å². The molecule has 2 N–H and O–H groups in total. The van der Waals surface area contributed by atoms with Crippen LogP contribution in [0.15, 0.2) is 0 Å². The van der Waals surface area contributed by atoms with E-state index in [1.54, 1.807) is 0 Å². The van der Waals surface area contributed by atoms with Gasteiger partial charge in [-0.25, -0.2) is 0 Å². The second kappa shape index (κ2) is 19.0. The van der Waals surface area contributed by atoms with E-state index in [-0.39, 0.29) is 5.92 Å². The summed E-state index contributed by atoms with van der Waals surface area (Å²) < 4.78 is 0. The van der Waals surface area contributed by atoms with Crippen LogP contribution in [0.1, 0.15) is 104 Å². The van der Waals surface area contributed by atoms with Crippen molar-refractivity contribution in [3.63, 3.8) is 0 Å². The highest BCUT2D eigenvalue weighted by Gasteiger charge is 2.14. The second-order valence-corrected chi connectivity index (χ2v) is 6.23. The molecular formula is C19H38O4. The molecule has 0 aromatic carbocycles. The molecule has 0 radical (unpaired) electrons. The Hall–Kier alpha value is -1.06. The first kappa shape index (κ1) is 24.2. The van der Waals surface area contributed by atoms with E-state index in [2.05, 4.69) is 13.8 Å². The van der Waals surface area contributed by atoms with E-state index in [1.807, 2.05) is 6.92 Å². The Kier molecular flexibility index (Phi) is 20.0.